The van der Waals surface area contributed by atoms with E-state index in [-0.39, 0.29) is 11.8 Å². The number of amides is 2. The lowest BCUT2D eigenvalue weighted by Crippen LogP contribution is -2.24. The van der Waals surface area contributed by atoms with Crippen molar-refractivity contribution in [3.63, 3.8) is 0 Å². The molecule has 9 heteroatoms. The first-order chi connectivity index (χ1) is 15.5. The molecule has 0 fully saturated rings. The smallest absolute Gasteiger partial charge is 0.260 e. The van der Waals surface area contributed by atoms with Crippen LogP contribution < -0.4 is 16.8 Å². The first-order valence-electron chi connectivity index (χ1n) is 10.3. The average Bonchev–Trinajstić information content (AvgIpc) is 3.52. The summed E-state index contributed by atoms with van der Waals surface area (Å²) >= 11 is 2.85. The van der Waals surface area contributed by atoms with Gasteiger partial charge in [-0.05, 0) is 42.0 Å². The van der Waals surface area contributed by atoms with Gasteiger partial charge in [0.05, 0.1) is 17.9 Å². The Hall–Kier alpha value is -3.30. The quantitative estimate of drug-likeness (QED) is 0.401. The van der Waals surface area contributed by atoms with Gasteiger partial charge in [-0.15, -0.1) is 22.7 Å². The van der Waals surface area contributed by atoms with Gasteiger partial charge < -0.3 is 16.8 Å². The zero-order chi connectivity index (χ0) is 22.2. The predicted octanol–water partition coefficient (Wildman–Crippen LogP) is 3.84. The third-order valence-electron chi connectivity index (χ3n) is 5.76. The fourth-order valence-corrected chi connectivity index (χ4v) is 6.08. The number of carbonyl (C=O) groups is 2. The zero-order valence-corrected chi connectivity index (χ0v) is 18.8. The van der Waals surface area contributed by atoms with Crippen molar-refractivity contribution >= 4 is 50.4 Å². The van der Waals surface area contributed by atoms with Crippen LogP contribution in [-0.2, 0) is 17.8 Å². The molecule has 0 bridgehead atoms. The normalized spacial score (nSPS) is 15.1. The van der Waals surface area contributed by atoms with Crippen LogP contribution in [0.25, 0.3) is 20.7 Å². The molecule has 0 spiro atoms. The van der Waals surface area contributed by atoms with Crippen molar-refractivity contribution in [1.29, 1.82) is 0 Å². The van der Waals surface area contributed by atoms with E-state index in [4.69, 9.17) is 16.5 Å². The van der Waals surface area contributed by atoms with E-state index in [2.05, 4.69) is 10.3 Å². The topological polar surface area (TPSA) is 124 Å². The minimum absolute atomic E-state index is 0.0113. The second-order valence-electron chi connectivity index (χ2n) is 7.75. The van der Waals surface area contributed by atoms with Crippen LogP contribution in [-0.4, -0.2) is 21.8 Å². The van der Waals surface area contributed by atoms with E-state index in [0.717, 1.165) is 45.6 Å². The Morgan fingerprint density at radius 3 is 2.81 bits per heavy atom. The molecule has 0 aromatic carbocycles. The molecule has 2 amide bonds. The van der Waals surface area contributed by atoms with Gasteiger partial charge in [0.2, 0.25) is 5.91 Å². The monoisotopic (exact) mass is 463 g/mol. The Morgan fingerprint density at radius 1 is 1.22 bits per heavy atom. The summed E-state index contributed by atoms with van der Waals surface area (Å²) in [5.74, 6) is -0.568. The molecule has 1 aliphatic rings. The van der Waals surface area contributed by atoms with Crippen molar-refractivity contribution in [1.82, 2.24) is 15.3 Å². The summed E-state index contributed by atoms with van der Waals surface area (Å²) in [7, 11) is 0. The predicted molar refractivity (Wildman–Crippen MR) is 128 cm³/mol. The Morgan fingerprint density at radius 2 is 2.09 bits per heavy atom. The number of nitrogens with one attached hydrogen (secondary N) is 1. The number of pyridine rings is 2. The molecule has 5 rings (SSSR count). The van der Waals surface area contributed by atoms with E-state index < -0.39 is 5.91 Å². The number of thiophene rings is 2. The van der Waals surface area contributed by atoms with Crippen molar-refractivity contribution in [3.05, 3.63) is 63.7 Å². The van der Waals surface area contributed by atoms with E-state index >= 15 is 0 Å². The van der Waals surface area contributed by atoms with Gasteiger partial charge in [-0.3, -0.25) is 14.6 Å². The Kier molecular flexibility index (Phi) is 5.36. The minimum Gasteiger partial charge on any atom is -0.397 e. The second kappa shape index (κ2) is 8.33. The summed E-state index contributed by atoms with van der Waals surface area (Å²) in [5.41, 5.74) is 16.2. The van der Waals surface area contributed by atoms with Gasteiger partial charge in [0.1, 0.15) is 9.71 Å². The highest BCUT2D eigenvalue weighted by Crippen LogP contribution is 2.48. The molecule has 0 saturated carbocycles. The number of primary amides is 1. The van der Waals surface area contributed by atoms with Crippen molar-refractivity contribution in [2.45, 2.75) is 31.7 Å². The van der Waals surface area contributed by atoms with Gasteiger partial charge in [0.15, 0.2) is 0 Å². The van der Waals surface area contributed by atoms with E-state index in [9.17, 15) is 9.59 Å². The average molecular weight is 464 g/mol. The molecule has 1 atom stereocenters. The van der Waals surface area contributed by atoms with Crippen molar-refractivity contribution in [3.8, 4) is 10.4 Å². The summed E-state index contributed by atoms with van der Waals surface area (Å²) in [6, 6.07) is 9.67. The molecule has 5 N–H and O–H groups in total. The number of carbonyl (C=O) groups excluding carboxylic acids is 2. The van der Waals surface area contributed by atoms with Crippen LogP contribution in [0, 0.1) is 0 Å². The summed E-state index contributed by atoms with van der Waals surface area (Å²) in [5, 5.41) is 5.77. The van der Waals surface area contributed by atoms with Gasteiger partial charge in [-0.2, -0.15) is 0 Å². The van der Waals surface area contributed by atoms with Gasteiger partial charge in [-0.1, -0.05) is 12.1 Å². The molecule has 0 aliphatic heterocycles. The lowest BCUT2D eigenvalue weighted by Gasteiger charge is -2.13. The Balaban J connectivity index is 1.49. The van der Waals surface area contributed by atoms with Crippen LogP contribution in [0.1, 0.15) is 45.4 Å². The van der Waals surface area contributed by atoms with E-state index in [0.29, 0.717) is 28.4 Å². The molecule has 4 heterocycles. The molecular formula is C23H21N5O2S2. The van der Waals surface area contributed by atoms with Crippen molar-refractivity contribution in [2.24, 2.45) is 5.73 Å². The van der Waals surface area contributed by atoms with Crippen LogP contribution in [0.3, 0.4) is 0 Å². The van der Waals surface area contributed by atoms with Crippen LogP contribution in [0.2, 0.25) is 0 Å². The number of nitrogen functional groups attached to an aromatic ring is 1. The lowest BCUT2D eigenvalue weighted by molar-refractivity contribution is -0.121. The standard InChI is InChI=1S/C23H21N5O2S2/c24-19-18-17(15-5-3-9-31-15)14-7-6-12(20(14)28-23(18)32-21(19)22(25)30)10-16(29)27-11-13-4-1-2-8-26-13/h1-5,8-9,12H,6-7,10-11,24H2,(H2,25,30)(H,27,29). The van der Waals surface area contributed by atoms with E-state index in [1.807, 2.05) is 35.7 Å². The Bertz CT molecular complexity index is 1320. The first kappa shape index (κ1) is 20.6. The number of nitrogens with zero attached hydrogens (tertiary/aromatic N) is 2. The number of aromatic nitrogens is 2. The summed E-state index contributed by atoms with van der Waals surface area (Å²) < 4.78 is 0. The van der Waals surface area contributed by atoms with Crippen LogP contribution in [0.4, 0.5) is 5.69 Å². The highest BCUT2D eigenvalue weighted by Gasteiger charge is 2.32. The molecule has 0 radical (unpaired) electrons. The third-order valence-corrected chi connectivity index (χ3v) is 7.76. The fourth-order valence-electron chi connectivity index (χ4n) is 4.32. The molecule has 4 aromatic heterocycles. The van der Waals surface area contributed by atoms with Crippen molar-refractivity contribution < 1.29 is 9.59 Å². The fraction of sp³-hybridized carbons (Fsp3) is 0.217. The molecule has 4 aromatic rings. The SMILES string of the molecule is NC(=O)c1sc2nc3c(c(-c4cccs4)c2c1N)CCC3CC(=O)NCc1ccccn1. The molecule has 1 aliphatic carbocycles. The van der Waals surface area contributed by atoms with Crippen molar-refractivity contribution in [2.75, 3.05) is 5.73 Å². The Labute approximate surface area is 192 Å². The van der Waals surface area contributed by atoms with Gasteiger partial charge in [-0.25, -0.2) is 4.98 Å². The molecule has 1 unspecified atom stereocenters. The molecule has 32 heavy (non-hydrogen) atoms. The number of rotatable bonds is 6. The maximum absolute atomic E-state index is 12.7. The third kappa shape index (κ3) is 3.63. The summed E-state index contributed by atoms with van der Waals surface area (Å²) in [4.78, 5) is 35.8. The highest BCUT2D eigenvalue weighted by molar-refractivity contribution is 7.21. The van der Waals surface area contributed by atoms with Crippen LogP contribution in [0.5, 0.6) is 0 Å². The molecule has 162 valence electrons. The van der Waals surface area contributed by atoms with Gasteiger partial charge >= 0.3 is 0 Å². The van der Waals surface area contributed by atoms with Crippen LogP contribution >= 0.6 is 22.7 Å². The molecule has 0 saturated heterocycles. The lowest BCUT2D eigenvalue weighted by atomic mass is 9.98. The van der Waals surface area contributed by atoms with E-state index in [1.54, 1.807) is 17.5 Å². The molecule has 7 nitrogen and oxygen atoms in total. The summed E-state index contributed by atoms with van der Waals surface area (Å²) in [6.07, 6.45) is 3.72. The summed E-state index contributed by atoms with van der Waals surface area (Å²) in [6.45, 7) is 0.398. The number of fused-ring (bicyclic) bond motifs is 2. The first-order valence-corrected chi connectivity index (χ1v) is 12.0. The number of hydrogen-bond donors (Lipinski definition) is 3. The minimum atomic E-state index is -0.548. The number of anilines is 1. The largest absolute Gasteiger partial charge is 0.397 e. The van der Waals surface area contributed by atoms with Crippen LogP contribution in [0.15, 0.2) is 41.9 Å². The maximum Gasteiger partial charge on any atom is 0.260 e. The molecular weight excluding hydrogens is 442 g/mol. The van der Waals surface area contributed by atoms with E-state index in [1.165, 1.54) is 11.3 Å². The maximum atomic E-state index is 12.7. The van der Waals surface area contributed by atoms with Gasteiger partial charge in [0, 0.05) is 40.1 Å². The van der Waals surface area contributed by atoms with Gasteiger partial charge in [0.25, 0.3) is 5.91 Å². The number of nitrogens with two attached hydrogens (primary N) is 2. The number of hydrogen-bond acceptors (Lipinski definition) is 7. The highest BCUT2D eigenvalue weighted by atomic mass is 32.1. The second-order valence-corrected chi connectivity index (χ2v) is 9.70. The zero-order valence-electron chi connectivity index (χ0n) is 17.1.